The molecule has 2 nitrogen and oxygen atoms in total. The molecule has 0 aliphatic carbocycles. The number of hydrogen-bond acceptors (Lipinski definition) is 2. The number of hydrogen-bond donors (Lipinski definition) is 0. The van der Waals surface area contributed by atoms with E-state index in [1.807, 2.05) is 6.20 Å². The first-order chi connectivity index (χ1) is 6.86. The van der Waals surface area contributed by atoms with Crippen LogP contribution in [0.25, 0.3) is 0 Å². The highest BCUT2D eigenvalue weighted by Crippen LogP contribution is 2.40. The van der Waals surface area contributed by atoms with Gasteiger partial charge in [-0.25, -0.2) is 0 Å². The molecule has 1 fully saturated rings. The number of nitrogens with zero attached hydrogens (tertiary/aromatic N) is 2. The van der Waals surface area contributed by atoms with E-state index in [2.05, 4.69) is 29.2 Å². The van der Waals surface area contributed by atoms with Crippen LogP contribution in [0.3, 0.4) is 0 Å². The third-order valence-corrected chi connectivity index (χ3v) is 3.89. The fraction of sp³-hybridized carbons (Fsp3) is 0.583. The Hall–Kier alpha value is -0.890. The molecule has 2 atom stereocenters. The molecular formula is C12H16N2. The fourth-order valence-electron chi connectivity index (χ4n) is 3.02. The Morgan fingerprint density at radius 2 is 2.29 bits per heavy atom. The maximum atomic E-state index is 4.26. The zero-order valence-electron chi connectivity index (χ0n) is 8.61. The SMILES string of the molecule is CN1C2CCc3ccncc3C1CC2. The zero-order valence-corrected chi connectivity index (χ0v) is 8.61. The molecule has 3 heterocycles. The highest BCUT2D eigenvalue weighted by Gasteiger charge is 2.34. The van der Waals surface area contributed by atoms with Gasteiger partial charge in [0.15, 0.2) is 0 Å². The molecule has 0 N–H and O–H groups in total. The molecule has 1 saturated heterocycles. The molecule has 0 amide bonds. The van der Waals surface area contributed by atoms with Gasteiger partial charge in [-0.05, 0) is 49.9 Å². The van der Waals surface area contributed by atoms with Crippen molar-refractivity contribution in [2.24, 2.45) is 0 Å². The van der Waals surface area contributed by atoms with Gasteiger partial charge in [0.05, 0.1) is 0 Å². The summed E-state index contributed by atoms with van der Waals surface area (Å²) in [5.41, 5.74) is 3.01. The van der Waals surface area contributed by atoms with Gasteiger partial charge in [0.2, 0.25) is 0 Å². The normalized spacial score (nSPS) is 31.2. The number of rotatable bonds is 0. The lowest BCUT2D eigenvalue weighted by Gasteiger charge is -2.22. The fourth-order valence-corrected chi connectivity index (χ4v) is 3.02. The minimum atomic E-state index is 0.645. The molecule has 2 heteroatoms. The minimum absolute atomic E-state index is 0.645. The average molecular weight is 188 g/mol. The van der Waals surface area contributed by atoms with Crippen molar-refractivity contribution in [3.05, 3.63) is 29.6 Å². The summed E-state index contributed by atoms with van der Waals surface area (Å²) >= 11 is 0. The van der Waals surface area contributed by atoms with Gasteiger partial charge < -0.3 is 0 Å². The van der Waals surface area contributed by atoms with E-state index in [0.717, 1.165) is 6.04 Å². The van der Waals surface area contributed by atoms with Crippen LogP contribution in [0.5, 0.6) is 0 Å². The second-order valence-corrected chi connectivity index (χ2v) is 4.53. The van der Waals surface area contributed by atoms with Crippen LogP contribution >= 0.6 is 0 Å². The summed E-state index contributed by atoms with van der Waals surface area (Å²) in [4.78, 5) is 6.81. The van der Waals surface area contributed by atoms with Crippen molar-refractivity contribution >= 4 is 0 Å². The topological polar surface area (TPSA) is 16.1 Å². The van der Waals surface area contributed by atoms with Gasteiger partial charge in [-0.15, -0.1) is 0 Å². The largest absolute Gasteiger partial charge is 0.296 e. The summed E-state index contributed by atoms with van der Waals surface area (Å²) in [6.07, 6.45) is 9.25. The van der Waals surface area contributed by atoms with Gasteiger partial charge >= 0.3 is 0 Å². The van der Waals surface area contributed by atoms with Crippen molar-refractivity contribution in [3.63, 3.8) is 0 Å². The molecule has 2 unspecified atom stereocenters. The standard InChI is InChI=1S/C12H16N2/c1-14-10-3-2-9-6-7-13-8-11(9)12(14)5-4-10/h6-8,10,12H,2-5H2,1H3. The second-order valence-electron chi connectivity index (χ2n) is 4.53. The zero-order chi connectivity index (χ0) is 9.54. The Morgan fingerprint density at radius 3 is 3.21 bits per heavy atom. The van der Waals surface area contributed by atoms with Gasteiger partial charge in [0, 0.05) is 24.5 Å². The molecule has 2 bridgehead atoms. The quantitative estimate of drug-likeness (QED) is 0.620. The van der Waals surface area contributed by atoms with Gasteiger partial charge in [-0.1, -0.05) is 0 Å². The molecule has 0 radical (unpaired) electrons. The maximum absolute atomic E-state index is 4.26. The summed E-state index contributed by atoms with van der Waals surface area (Å²) in [7, 11) is 2.27. The lowest BCUT2D eigenvalue weighted by molar-refractivity contribution is 0.242. The highest BCUT2D eigenvalue weighted by atomic mass is 15.2. The Kier molecular flexibility index (Phi) is 1.84. The maximum Gasteiger partial charge on any atom is 0.0366 e. The van der Waals surface area contributed by atoms with Gasteiger partial charge in [-0.2, -0.15) is 0 Å². The number of aromatic nitrogens is 1. The van der Waals surface area contributed by atoms with Crippen molar-refractivity contribution < 1.29 is 0 Å². The van der Waals surface area contributed by atoms with E-state index in [0.29, 0.717) is 6.04 Å². The Morgan fingerprint density at radius 1 is 1.36 bits per heavy atom. The molecule has 14 heavy (non-hydrogen) atoms. The molecule has 2 aliphatic heterocycles. The third kappa shape index (κ3) is 1.10. The first-order valence-electron chi connectivity index (χ1n) is 5.51. The average Bonchev–Trinajstić information content (AvgIpc) is 2.48. The molecule has 1 aromatic heterocycles. The van der Waals surface area contributed by atoms with Crippen LogP contribution in [0.2, 0.25) is 0 Å². The second kappa shape index (κ2) is 3.06. The van der Waals surface area contributed by atoms with Crippen LogP contribution in [-0.4, -0.2) is 23.0 Å². The van der Waals surface area contributed by atoms with Crippen LogP contribution in [-0.2, 0) is 6.42 Å². The molecule has 1 aromatic rings. The van der Waals surface area contributed by atoms with E-state index in [9.17, 15) is 0 Å². The highest BCUT2D eigenvalue weighted by molar-refractivity contribution is 5.29. The summed E-state index contributed by atoms with van der Waals surface area (Å²) in [5, 5.41) is 0. The first kappa shape index (κ1) is 8.42. The summed E-state index contributed by atoms with van der Waals surface area (Å²) in [5.74, 6) is 0. The molecule has 0 aromatic carbocycles. The van der Waals surface area contributed by atoms with E-state index < -0.39 is 0 Å². The summed E-state index contributed by atoms with van der Waals surface area (Å²) in [6.45, 7) is 0. The first-order valence-corrected chi connectivity index (χ1v) is 5.51. The Balaban J connectivity index is 2.09. The van der Waals surface area contributed by atoms with Gasteiger partial charge in [-0.3, -0.25) is 9.88 Å². The van der Waals surface area contributed by atoms with Crippen molar-refractivity contribution in [1.82, 2.24) is 9.88 Å². The smallest absolute Gasteiger partial charge is 0.0366 e. The Labute approximate surface area is 85.0 Å². The van der Waals surface area contributed by atoms with E-state index in [1.165, 1.54) is 36.8 Å². The summed E-state index contributed by atoms with van der Waals surface area (Å²) in [6, 6.07) is 3.66. The molecule has 0 spiro atoms. The van der Waals surface area contributed by atoms with Crippen LogP contribution in [0, 0.1) is 0 Å². The van der Waals surface area contributed by atoms with Gasteiger partial charge in [0.25, 0.3) is 0 Å². The van der Waals surface area contributed by atoms with E-state index in [1.54, 1.807) is 0 Å². The van der Waals surface area contributed by atoms with Crippen LogP contribution in [0.4, 0.5) is 0 Å². The van der Waals surface area contributed by atoms with Crippen LogP contribution < -0.4 is 0 Å². The number of aryl methyl sites for hydroxylation is 1. The van der Waals surface area contributed by atoms with Crippen LogP contribution in [0.15, 0.2) is 18.5 Å². The van der Waals surface area contributed by atoms with Crippen LogP contribution in [0.1, 0.15) is 36.4 Å². The van der Waals surface area contributed by atoms with Crippen molar-refractivity contribution in [2.75, 3.05) is 7.05 Å². The van der Waals surface area contributed by atoms with Crippen molar-refractivity contribution in [3.8, 4) is 0 Å². The molecular weight excluding hydrogens is 172 g/mol. The predicted molar refractivity (Wildman–Crippen MR) is 56.1 cm³/mol. The number of pyridine rings is 1. The number of fused-ring (bicyclic) bond motifs is 4. The van der Waals surface area contributed by atoms with Gasteiger partial charge in [0.1, 0.15) is 0 Å². The molecule has 74 valence electrons. The minimum Gasteiger partial charge on any atom is -0.296 e. The lowest BCUT2D eigenvalue weighted by atomic mass is 9.95. The van der Waals surface area contributed by atoms with Crippen molar-refractivity contribution in [1.29, 1.82) is 0 Å². The molecule has 2 aliphatic rings. The summed E-state index contributed by atoms with van der Waals surface area (Å²) < 4.78 is 0. The van der Waals surface area contributed by atoms with Crippen molar-refractivity contribution in [2.45, 2.75) is 37.8 Å². The third-order valence-electron chi connectivity index (χ3n) is 3.89. The predicted octanol–water partition coefficient (Wildman–Crippen LogP) is 2.16. The molecule has 3 rings (SSSR count). The lowest BCUT2D eigenvalue weighted by Crippen LogP contribution is -2.25. The van der Waals surface area contributed by atoms with E-state index >= 15 is 0 Å². The monoisotopic (exact) mass is 188 g/mol. The van der Waals surface area contributed by atoms with E-state index in [-0.39, 0.29) is 0 Å². The molecule has 0 saturated carbocycles. The Bertz CT molecular complexity index is 348. The van der Waals surface area contributed by atoms with E-state index in [4.69, 9.17) is 0 Å².